The van der Waals surface area contributed by atoms with Gasteiger partial charge >= 0.3 is 0 Å². The number of hydrogen-bond donors (Lipinski definition) is 0. The van der Waals surface area contributed by atoms with Gasteiger partial charge in [0.2, 0.25) is 0 Å². The van der Waals surface area contributed by atoms with E-state index >= 15 is 0 Å². The lowest BCUT2D eigenvalue weighted by atomic mass is 10.1. The van der Waals surface area contributed by atoms with E-state index < -0.39 is 0 Å². The van der Waals surface area contributed by atoms with Crippen LogP contribution in [0.3, 0.4) is 0 Å². The van der Waals surface area contributed by atoms with Crippen molar-refractivity contribution in [1.29, 1.82) is 0 Å². The van der Waals surface area contributed by atoms with Gasteiger partial charge in [0, 0.05) is 16.6 Å². The first-order chi connectivity index (χ1) is 13.0. The lowest BCUT2D eigenvalue weighted by Gasteiger charge is -2.33. The van der Waals surface area contributed by atoms with Crippen molar-refractivity contribution in [2.45, 2.75) is 26.1 Å². The predicted octanol–water partition coefficient (Wildman–Crippen LogP) is 4.46. The van der Waals surface area contributed by atoms with Crippen LogP contribution in [0.5, 0.6) is 11.5 Å². The van der Waals surface area contributed by atoms with Crippen LogP contribution in [0.4, 0.5) is 0 Å². The van der Waals surface area contributed by atoms with Crippen LogP contribution in [0.1, 0.15) is 35.9 Å². The van der Waals surface area contributed by atoms with E-state index in [9.17, 15) is 4.79 Å². The Labute approximate surface area is 168 Å². The summed E-state index contributed by atoms with van der Waals surface area (Å²) in [5, 5.41) is 0. The second-order valence-corrected chi connectivity index (χ2v) is 7.61. The molecule has 1 unspecified atom stereocenters. The van der Waals surface area contributed by atoms with Gasteiger partial charge in [0.15, 0.2) is 11.5 Å². The SMILES string of the molecule is COc1cc(C(=O)N2CCOC(c3ccc(Br)cc3)C2)ccc1OC(C)C. The Morgan fingerprint density at radius 3 is 2.59 bits per heavy atom. The Bertz CT molecular complexity index is 791. The van der Waals surface area contributed by atoms with Crippen LogP contribution in [0.15, 0.2) is 46.9 Å². The zero-order valence-electron chi connectivity index (χ0n) is 15.8. The van der Waals surface area contributed by atoms with Gasteiger partial charge in [0.05, 0.1) is 26.4 Å². The highest BCUT2D eigenvalue weighted by atomic mass is 79.9. The van der Waals surface area contributed by atoms with Gasteiger partial charge in [0.1, 0.15) is 6.10 Å². The van der Waals surface area contributed by atoms with Crippen molar-refractivity contribution in [3.05, 3.63) is 58.1 Å². The lowest BCUT2D eigenvalue weighted by Crippen LogP contribution is -2.42. The quantitative estimate of drug-likeness (QED) is 0.698. The standard InChI is InChI=1S/C21H24BrNO4/c1-14(2)27-18-9-6-16(12-19(18)25-3)21(24)23-10-11-26-20(13-23)15-4-7-17(22)8-5-15/h4-9,12,14,20H,10-11,13H2,1-3H3. The Hall–Kier alpha value is -2.05. The summed E-state index contributed by atoms with van der Waals surface area (Å²) in [5.74, 6) is 1.17. The molecule has 1 amide bonds. The Morgan fingerprint density at radius 1 is 1.19 bits per heavy atom. The number of benzene rings is 2. The van der Waals surface area contributed by atoms with Crippen molar-refractivity contribution < 1.29 is 19.0 Å². The zero-order valence-corrected chi connectivity index (χ0v) is 17.4. The largest absolute Gasteiger partial charge is 0.493 e. The van der Waals surface area contributed by atoms with E-state index in [0.29, 0.717) is 36.8 Å². The summed E-state index contributed by atoms with van der Waals surface area (Å²) >= 11 is 3.44. The van der Waals surface area contributed by atoms with E-state index in [4.69, 9.17) is 14.2 Å². The van der Waals surface area contributed by atoms with Crippen molar-refractivity contribution in [1.82, 2.24) is 4.90 Å². The number of methoxy groups -OCH3 is 1. The van der Waals surface area contributed by atoms with Gasteiger partial charge in [-0.25, -0.2) is 0 Å². The number of amides is 1. The van der Waals surface area contributed by atoms with E-state index in [1.165, 1.54) is 0 Å². The fraction of sp³-hybridized carbons (Fsp3) is 0.381. The summed E-state index contributed by atoms with van der Waals surface area (Å²) in [5.41, 5.74) is 1.65. The molecule has 5 nitrogen and oxygen atoms in total. The van der Waals surface area contributed by atoms with Crippen LogP contribution in [0.2, 0.25) is 0 Å². The smallest absolute Gasteiger partial charge is 0.254 e. The van der Waals surface area contributed by atoms with Crippen LogP contribution < -0.4 is 9.47 Å². The molecule has 0 spiro atoms. The topological polar surface area (TPSA) is 48.0 Å². The average molecular weight is 434 g/mol. The molecule has 1 aliphatic rings. The molecule has 0 aliphatic carbocycles. The van der Waals surface area contributed by atoms with Crippen LogP contribution in [-0.4, -0.2) is 43.7 Å². The Balaban J connectivity index is 1.75. The number of carbonyl (C=O) groups excluding carboxylic acids is 1. The molecule has 1 saturated heterocycles. The lowest BCUT2D eigenvalue weighted by molar-refractivity contribution is -0.0228. The summed E-state index contributed by atoms with van der Waals surface area (Å²) in [6, 6.07) is 13.3. The minimum Gasteiger partial charge on any atom is -0.493 e. The number of hydrogen-bond acceptors (Lipinski definition) is 4. The maximum Gasteiger partial charge on any atom is 0.254 e. The second kappa shape index (κ2) is 8.76. The molecule has 1 heterocycles. The number of carbonyl (C=O) groups is 1. The molecule has 2 aromatic rings. The molecule has 6 heteroatoms. The normalized spacial score (nSPS) is 17.1. The van der Waals surface area contributed by atoms with Gasteiger partial charge in [-0.05, 0) is 49.7 Å². The minimum atomic E-state index is -0.124. The van der Waals surface area contributed by atoms with Crippen LogP contribution in [0, 0.1) is 0 Å². The van der Waals surface area contributed by atoms with Crippen LogP contribution in [-0.2, 0) is 4.74 Å². The second-order valence-electron chi connectivity index (χ2n) is 6.69. The van der Waals surface area contributed by atoms with Crippen molar-refractivity contribution >= 4 is 21.8 Å². The van der Waals surface area contributed by atoms with Crippen molar-refractivity contribution in [3.63, 3.8) is 0 Å². The van der Waals surface area contributed by atoms with E-state index in [1.54, 1.807) is 25.3 Å². The predicted molar refractivity (Wildman–Crippen MR) is 107 cm³/mol. The van der Waals surface area contributed by atoms with Crippen molar-refractivity contribution in [2.75, 3.05) is 26.8 Å². The van der Waals surface area contributed by atoms with Gasteiger partial charge in [-0.1, -0.05) is 28.1 Å². The molecule has 0 radical (unpaired) electrons. The third-order valence-corrected chi connectivity index (χ3v) is 4.90. The monoisotopic (exact) mass is 433 g/mol. The number of morpholine rings is 1. The van der Waals surface area contributed by atoms with Gasteiger partial charge in [0.25, 0.3) is 5.91 Å². The van der Waals surface area contributed by atoms with Gasteiger partial charge in [-0.2, -0.15) is 0 Å². The van der Waals surface area contributed by atoms with Gasteiger partial charge in [-0.15, -0.1) is 0 Å². The fourth-order valence-corrected chi connectivity index (χ4v) is 3.31. The highest BCUT2D eigenvalue weighted by molar-refractivity contribution is 9.10. The van der Waals surface area contributed by atoms with E-state index in [1.807, 2.05) is 43.0 Å². The minimum absolute atomic E-state index is 0.0326. The molecular weight excluding hydrogens is 410 g/mol. The Morgan fingerprint density at radius 2 is 1.93 bits per heavy atom. The van der Waals surface area contributed by atoms with Crippen molar-refractivity contribution in [3.8, 4) is 11.5 Å². The fourth-order valence-electron chi connectivity index (χ4n) is 3.05. The summed E-state index contributed by atoms with van der Waals surface area (Å²) in [6.07, 6.45) is -0.0902. The molecule has 1 fully saturated rings. The molecule has 144 valence electrons. The average Bonchev–Trinajstić information content (AvgIpc) is 2.68. The molecular formula is C21H24BrNO4. The van der Waals surface area contributed by atoms with Gasteiger partial charge < -0.3 is 19.1 Å². The molecule has 0 aromatic heterocycles. The molecule has 27 heavy (non-hydrogen) atoms. The summed E-state index contributed by atoms with van der Waals surface area (Å²) < 4.78 is 18.0. The first kappa shape index (κ1) is 19.7. The molecule has 1 aliphatic heterocycles. The number of nitrogens with zero attached hydrogens (tertiary/aromatic N) is 1. The summed E-state index contributed by atoms with van der Waals surface area (Å²) in [6.45, 7) is 5.51. The van der Waals surface area contributed by atoms with Crippen molar-refractivity contribution in [2.24, 2.45) is 0 Å². The maximum absolute atomic E-state index is 13.0. The molecule has 0 saturated carbocycles. The first-order valence-corrected chi connectivity index (χ1v) is 9.78. The summed E-state index contributed by atoms with van der Waals surface area (Å²) in [4.78, 5) is 14.8. The maximum atomic E-state index is 13.0. The van der Waals surface area contributed by atoms with E-state index in [0.717, 1.165) is 10.0 Å². The number of halogens is 1. The van der Waals surface area contributed by atoms with Crippen LogP contribution in [0.25, 0.3) is 0 Å². The van der Waals surface area contributed by atoms with Gasteiger partial charge in [-0.3, -0.25) is 4.79 Å². The first-order valence-electron chi connectivity index (χ1n) is 8.99. The number of rotatable bonds is 5. The highest BCUT2D eigenvalue weighted by Gasteiger charge is 2.26. The molecule has 0 bridgehead atoms. The number of ether oxygens (including phenoxy) is 3. The molecule has 3 rings (SSSR count). The highest BCUT2D eigenvalue weighted by Crippen LogP contribution is 2.30. The molecule has 0 N–H and O–H groups in total. The molecule has 2 aromatic carbocycles. The van der Waals surface area contributed by atoms with Crippen LogP contribution >= 0.6 is 15.9 Å². The Kier molecular flexibility index (Phi) is 6.39. The summed E-state index contributed by atoms with van der Waals surface area (Å²) in [7, 11) is 1.58. The zero-order chi connectivity index (χ0) is 19.4. The third-order valence-electron chi connectivity index (χ3n) is 4.37. The molecule has 1 atom stereocenters. The van der Waals surface area contributed by atoms with E-state index in [2.05, 4.69) is 15.9 Å². The van der Waals surface area contributed by atoms with E-state index in [-0.39, 0.29) is 18.1 Å². The third kappa shape index (κ3) is 4.82.